The zero-order valence-electron chi connectivity index (χ0n) is 29.4. The summed E-state index contributed by atoms with van der Waals surface area (Å²) in [4.78, 5) is 103. The van der Waals surface area contributed by atoms with Crippen molar-refractivity contribution in [2.75, 3.05) is 45.0 Å². The van der Waals surface area contributed by atoms with Crippen molar-refractivity contribution in [1.29, 1.82) is 0 Å². The number of amides is 8. The van der Waals surface area contributed by atoms with E-state index in [9.17, 15) is 38.4 Å². The van der Waals surface area contributed by atoms with E-state index >= 15 is 0 Å². The maximum Gasteiger partial charge on any atom is 0.243 e. The summed E-state index contributed by atoms with van der Waals surface area (Å²) in [5, 5.41) is 16.8. The van der Waals surface area contributed by atoms with Crippen LogP contribution in [0.15, 0.2) is 29.3 Å². The molecule has 8 amide bonds. The Hall–Kier alpha value is -5.22. The van der Waals surface area contributed by atoms with E-state index in [1.807, 2.05) is 24.3 Å². The number of guanidine groups is 1. The number of thiol groups is 1. The molecule has 21 nitrogen and oxygen atoms in total. The molecule has 296 valence electrons. The first-order valence-corrected chi connectivity index (χ1v) is 17.5. The molecule has 1 aliphatic carbocycles. The smallest absolute Gasteiger partial charge is 0.243 e. The number of nitrogens with zero attached hydrogens (tertiary/aromatic N) is 1. The average Bonchev–Trinajstić information content (AvgIpc) is 3.63. The Morgan fingerprint density at radius 3 is 1.68 bits per heavy atom. The van der Waals surface area contributed by atoms with Gasteiger partial charge in [0.1, 0.15) is 18.1 Å². The Morgan fingerprint density at radius 2 is 1.15 bits per heavy atom. The molecule has 0 spiro atoms. The van der Waals surface area contributed by atoms with Gasteiger partial charge >= 0.3 is 0 Å². The summed E-state index contributed by atoms with van der Waals surface area (Å²) in [6, 6.07) is -4.13. The van der Waals surface area contributed by atoms with E-state index in [0.717, 1.165) is 0 Å². The molecule has 0 bridgehead atoms. The van der Waals surface area contributed by atoms with E-state index in [1.165, 1.54) is 0 Å². The van der Waals surface area contributed by atoms with Crippen molar-refractivity contribution in [2.24, 2.45) is 39.6 Å². The highest BCUT2D eigenvalue weighted by Crippen LogP contribution is 2.15. The Morgan fingerprint density at radius 1 is 0.642 bits per heavy atom. The fourth-order valence-electron chi connectivity index (χ4n) is 4.59. The van der Waals surface area contributed by atoms with Crippen molar-refractivity contribution < 1.29 is 38.4 Å². The highest BCUT2D eigenvalue weighted by atomic mass is 32.1. The molecule has 17 N–H and O–H groups in total. The molecule has 0 aromatic heterocycles. The van der Waals surface area contributed by atoms with Crippen molar-refractivity contribution in [3.05, 3.63) is 24.3 Å². The minimum atomic E-state index is -1.11. The number of carbonyl (C=O) groups excluding carboxylic acids is 8. The molecular weight excluding hydrogens is 714 g/mol. The van der Waals surface area contributed by atoms with Crippen LogP contribution >= 0.6 is 12.6 Å². The fourth-order valence-corrected chi connectivity index (χ4v) is 4.86. The Bertz CT molecular complexity index is 1360. The van der Waals surface area contributed by atoms with Gasteiger partial charge in [0.2, 0.25) is 47.3 Å². The van der Waals surface area contributed by atoms with Crippen LogP contribution in [0.3, 0.4) is 0 Å². The lowest BCUT2D eigenvalue weighted by Crippen LogP contribution is -2.56. The molecule has 1 aliphatic rings. The summed E-state index contributed by atoms with van der Waals surface area (Å²) in [7, 11) is 0. The second-order valence-electron chi connectivity index (χ2n) is 11.9. The van der Waals surface area contributed by atoms with Crippen LogP contribution < -0.4 is 65.9 Å². The van der Waals surface area contributed by atoms with Crippen molar-refractivity contribution in [3.63, 3.8) is 0 Å². The van der Waals surface area contributed by atoms with Crippen LogP contribution in [0.25, 0.3) is 0 Å². The van der Waals surface area contributed by atoms with Gasteiger partial charge in [0.15, 0.2) is 5.96 Å². The third-order valence-corrected chi connectivity index (χ3v) is 7.84. The first-order chi connectivity index (χ1) is 25.2. The van der Waals surface area contributed by atoms with Crippen LogP contribution in [0.5, 0.6) is 0 Å². The minimum absolute atomic E-state index is 0.0195. The summed E-state index contributed by atoms with van der Waals surface area (Å²) in [6.07, 6.45) is 9.42. The topological polar surface area (TPSA) is 363 Å². The normalized spacial score (nSPS) is 14.1. The molecular formula is C31H53N13O8S. The maximum absolute atomic E-state index is 13.4. The van der Waals surface area contributed by atoms with Crippen LogP contribution in [0, 0.1) is 5.92 Å². The van der Waals surface area contributed by atoms with Gasteiger partial charge in [-0.15, -0.1) is 0 Å². The summed E-state index contributed by atoms with van der Waals surface area (Å²) in [5.41, 5.74) is 27.6. The van der Waals surface area contributed by atoms with E-state index in [2.05, 4.69) is 54.8 Å². The number of nitrogens with one attached hydrogen (secondary N) is 7. The third kappa shape index (κ3) is 20.4. The zero-order chi connectivity index (χ0) is 39.8. The van der Waals surface area contributed by atoms with E-state index in [0.29, 0.717) is 32.2 Å². The second-order valence-corrected chi connectivity index (χ2v) is 12.2. The van der Waals surface area contributed by atoms with Gasteiger partial charge in [0.05, 0.1) is 32.2 Å². The highest BCUT2D eigenvalue weighted by Gasteiger charge is 2.29. The molecule has 0 saturated heterocycles. The Kier molecular flexibility index (Phi) is 22.2. The van der Waals surface area contributed by atoms with Gasteiger partial charge in [0.25, 0.3) is 0 Å². The third-order valence-electron chi connectivity index (χ3n) is 7.47. The number of unbranched alkanes of at least 4 members (excludes halogenated alkanes) is 1. The molecule has 0 saturated carbocycles. The van der Waals surface area contributed by atoms with Crippen LogP contribution in [-0.2, 0) is 38.4 Å². The van der Waals surface area contributed by atoms with E-state index in [4.69, 9.17) is 28.7 Å². The van der Waals surface area contributed by atoms with Gasteiger partial charge in [0, 0.05) is 12.3 Å². The zero-order valence-corrected chi connectivity index (χ0v) is 30.3. The molecule has 0 aromatic rings. The predicted octanol–water partition coefficient (Wildman–Crippen LogP) is -6.04. The lowest BCUT2D eigenvalue weighted by Gasteiger charge is -2.24. The molecule has 53 heavy (non-hydrogen) atoms. The van der Waals surface area contributed by atoms with Gasteiger partial charge in [-0.1, -0.05) is 24.3 Å². The standard InChI is InChI=1S/C31H53N13O8S/c32-10-4-3-8-20(44-30(52)21(9-5-11-37-31(35)36)43-28(50)19(33)12-18-6-1-2-7-18)29(51)41-15-25(47)39-13-23(45)38-14-24(46)40-16-26(48)42-22(17-53)27(34)49/h1-2,6-7,18-22,53H,3-5,8-17,32-33H2,(H2,34,49)(H,38,45)(H,39,47)(H,40,46)(H,41,51)(H,42,48)(H,43,50)(H,44,52)(H4,35,36,37)/t19-,20+,21-,22-/m0/s1. The van der Waals surface area contributed by atoms with Crippen LogP contribution in [0.2, 0.25) is 0 Å². The average molecular weight is 768 g/mol. The molecule has 1 rings (SSSR count). The second kappa shape index (κ2) is 25.7. The number of allylic oxidation sites excluding steroid dienone is 4. The SMILES string of the molecule is NCCCC[C@@H](NC(=O)[C@H](CCCN=C(N)N)NC(=O)[C@@H](N)CC1C=CC=C1)C(=O)NCC(=O)NCC(=O)NCC(=O)NCC(=O)N[C@@H](CS)C(N)=O. The molecule has 0 unspecified atom stereocenters. The Balaban J connectivity index is 2.68. The molecule has 0 heterocycles. The van der Waals surface area contributed by atoms with Gasteiger partial charge in [-0.25, -0.2) is 0 Å². The minimum Gasteiger partial charge on any atom is -0.370 e. The van der Waals surface area contributed by atoms with Gasteiger partial charge < -0.3 is 65.9 Å². The highest BCUT2D eigenvalue weighted by molar-refractivity contribution is 7.80. The molecule has 0 radical (unpaired) electrons. The quantitative estimate of drug-likeness (QED) is 0.0169. The summed E-state index contributed by atoms with van der Waals surface area (Å²) in [6.45, 7) is -1.59. The number of hydrogen-bond acceptors (Lipinski definition) is 12. The number of nitrogens with two attached hydrogens (primary N) is 5. The molecule has 0 aliphatic heterocycles. The molecule has 4 atom stereocenters. The monoisotopic (exact) mass is 767 g/mol. The van der Waals surface area contributed by atoms with Crippen molar-refractivity contribution >= 4 is 65.8 Å². The molecule has 0 fully saturated rings. The summed E-state index contributed by atoms with van der Waals surface area (Å²) < 4.78 is 0. The first-order valence-electron chi connectivity index (χ1n) is 16.9. The lowest BCUT2D eigenvalue weighted by atomic mass is 10.0. The summed E-state index contributed by atoms with van der Waals surface area (Å²) >= 11 is 3.89. The number of primary amides is 1. The van der Waals surface area contributed by atoms with Crippen molar-refractivity contribution in [2.45, 2.75) is 62.7 Å². The van der Waals surface area contributed by atoms with Gasteiger partial charge in [-0.05, 0) is 51.0 Å². The first kappa shape index (κ1) is 45.8. The predicted molar refractivity (Wildman–Crippen MR) is 198 cm³/mol. The molecule has 0 aromatic carbocycles. The van der Waals surface area contributed by atoms with Crippen LogP contribution in [0.4, 0.5) is 0 Å². The number of rotatable bonds is 26. The van der Waals surface area contributed by atoms with E-state index in [-0.39, 0.29) is 37.0 Å². The van der Waals surface area contributed by atoms with Gasteiger partial charge in [-0.3, -0.25) is 43.3 Å². The van der Waals surface area contributed by atoms with Gasteiger partial charge in [-0.2, -0.15) is 12.6 Å². The largest absolute Gasteiger partial charge is 0.370 e. The number of hydrogen-bond donors (Lipinski definition) is 13. The fraction of sp³-hybridized carbons (Fsp3) is 0.581. The number of aliphatic imine (C=N–C) groups is 1. The maximum atomic E-state index is 13.4. The molecule has 22 heteroatoms. The number of carbonyl (C=O) groups is 8. The summed E-state index contributed by atoms with van der Waals surface area (Å²) in [5.74, 6) is -5.83. The van der Waals surface area contributed by atoms with E-state index < -0.39 is 97.6 Å². The lowest BCUT2D eigenvalue weighted by molar-refractivity contribution is -0.133. The van der Waals surface area contributed by atoms with Crippen LogP contribution in [0.1, 0.15) is 38.5 Å². The van der Waals surface area contributed by atoms with Crippen molar-refractivity contribution in [3.8, 4) is 0 Å². The van der Waals surface area contributed by atoms with Crippen molar-refractivity contribution in [1.82, 2.24) is 37.2 Å². The Labute approximate surface area is 312 Å². The van der Waals surface area contributed by atoms with Crippen LogP contribution in [-0.4, -0.2) is 122 Å². The van der Waals surface area contributed by atoms with E-state index in [1.54, 1.807) is 0 Å².